The summed E-state index contributed by atoms with van der Waals surface area (Å²) in [7, 11) is 0. The summed E-state index contributed by atoms with van der Waals surface area (Å²) < 4.78 is 16.1. The van der Waals surface area contributed by atoms with Gasteiger partial charge in [-0.2, -0.15) is 0 Å². The van der Waals surface area contributed by atoms with Crippen LogP contribution in [0.1, 0.15) is 42.6 Å². The van der Waals surface area contributed by atoms with Gasteiger partial charge in [-0.25, -0.2) is 9.59 Å². The topological polar surface area (TPSA) is 94.8 Å². The number of carbonyl (C=O) groups is 2. The fourth-order valence-corrected chi connectivity index (χ4v) is 3.02. The molecule has 0 fully saturated rings. The Morgan fingerprint density at radius 1 is 1.06 bits per heavy atom. The van der Waals surface area contributed by atoms with Crippen LogP contribution >= 0.6 is 0 Å². The number of fused-ring (bicyclic) bond motifs is 1. The maximum Gasteiger partial charge on any atom is 0.349 e. The Hall–Kier alpha value is -3.61. The zero-order valence-corrected chi connectivity index (χ0v) is 17.6. The Balaban J connectivity index is 1.68. The lowest BCUT2D eigenvalue weighted by molar-refractivity contribution is -0.136. The summed E-state index contributed by atoms with van der Waals surface area (Å²) in [5.41, 5.74) is 0.413. The predicted octanol–water partition coefficient (Wildman–Crippen LogP) is 3.87. The van der Waals surface area contributed by atoms with Crippen LogP contribution in [-0.4, -0.2) is 25.0 Å². The van der Waals surface area contributed by atoms with E-state index >= 15 is 0 Å². The van der Waals surface area contributed by atoms with Gasteiger partial charge in [-0.15, -0.1) is 0 Å². The Morgan fingerprint density at radius 2 is 1.87 bits per heavy atom. The highest BCUT2D eigenvalue weighted by molar-refractivity contribution is 5.96. The number of ether oxygens (including phenoxy) is 2. The molecule has 0 aliphatic carbocycles. The average Bonchev–Trinajstić information content (AvgIpc) is 2.77. The third-order valence-electron chi connectivity index (χ3n) is 4.70. The summed E-state index contributed by atoms with van der Waals surface area (Å²) in [6.45, 7) is 4.25. The van der Waals surface area contributed by atoms with Crippen LogP contribution in [0.2, 0.25) is 0 Å². The first-order valence-electron chi connectivity index (χ1n) is 10.3. The van der Waals surface area contributed by atoms with Crippen LogP contribution < -0.4 is 20.4 Å². The number of hydrogen-bond donors (Lipinski definition) is 1. The number of aryl methyl sites for hydroxylation is 1. The van der Waals surface area contributed by atoms with Gasteiger partial charge in [-0.1, -0.05) is 38.5 Å². The second-order valence-corrected chi connectivity index (χ2v) is 6.98. The summed E-state index contributed by atoms with van der Waals surface area (Å²) >= 11 is 0. The van der Waals surface area contributed by atoms with Crippen molar-refractivity contribution in [2.24, 2.45) is 0 Å². The van der Waals surface area contributed by atoms with Crippen LogP contribution in [0.4, 0.5) is 0 Å². The quantitative estimate of drug-likeness (QED) is 0.243. The highest BCUT2D eigenvalue weighted by Crippen LogP contribution is 2.22. The first-order valence-corrected chi connectivity index (χ1v) is 10.3. The molecule has 2 aromatic carbocycles. The molecule has 0 bridgehead atoms. The van der Waals surface area contributed by atoms with E-state index in [9.17, 15) is 14.4 Å². The smallest absolute Gasteiger partial charge is 0.349 e. The van der Waals surface area contributed by atoms with E-state index in [1.807, 2.05) is 32.0 Å². The molecule has 0 radical (unpaired) electrons. The van der Waals surface area contributed by atoms with E-state index in [4.69, 9.17) is 13.9 Å². The maximum absolute atomic E-state index is 12.2. The van der Waals surface area contributed by atoms with Gasteiger partial charge in [0.15, 0.2) is 6.61 Å². The van der Waals surface area contributed by atoms with Crippen LogP contribution in [0.25, 0.3) is 11.0 Å². The Morgan fingerprint density at radius 3 is 2.65 bits per heavy atom. The molecule has 31 heavy (non-hydrogen) atoms. The van der Waals surface area contributed by atoms with E-state index in [2.05, 4.69) is 5.32 Å². The minimum absolute atomic E-state index is 0.0589. The van der Waals surface area contributed by atoms with Crippen molar-refractivity contribution in [3.63, 3.8) is 0 Å². The van der Waals surface area contributed by atoms with E-state index in [1.54, 1.807) is 18.2 Å². The molecule has 3 aromatic rings. The molecule has 7 nitrogen and oxygen atoms in total. The van der Waals surface area contributed by atoms with Crippen molar-refractivity contribution < 1.29 is 23.5 Å². The van der Waals surface area contributed by atoms with E-state index in [-0.39, 0.29) is 23.5 Å². The molecule has 1 heterocycles. The van der Waals surface area contributed by atoms with Gasteiger partial charge in [-0.05, 0) is 42.7 Å². The van der Waals surface area contributed by atoms with E-state index < -0.39 is 17.5 Å². The number of hydrogen-bond acceptors (Lipinski definition) is 6. The van der Waals surface area contributed by atoms with E-state index in [1.165, 1.54) is 12.1 Å². The van der Waals surface area contributed by atoms with Gasteiger partial charge in [-0.3, -0.25) is 4.79 Å². The summed E-state index contributed by atoms with van der Waals surface area (Å²) in [5, 5.41) is 3.25. The van der Waals surface area contributed by atoms with Crippen molar-refractivity contribution in [3.8, 4) is 11.5 Å². The third-order valence-corrected chi connectivity index (χ3v) is 4.70. The fourth-order valence-electron chi connectivity index (χ4n) is 3.02. The largest absolute Gasteiger partial charge is 0.482 e. The molecule has 1 aromatic heterocycles. The molecule has 0 aliphatic heterocycles. The second-order valence-electron chi connectivity index (χ2n) is 6.98. The molecule has 0 aliphatic rings. The molecule has 0 atom stereocenters. The number of para-hydroxylation sites is 1. The van der Waals surface area contributed by atoms with Crippen LogP contribution in [-0.2, 0) is 11.2 Å². The van der Waals surface area contributed by atoms with Crippen LogP contribution in [0.5, 0.6) is 11.5 Å². The molecule has 0 saturated carbocycles. The van der Waals surface area contributed by atoms with E-state index in [0.717, 1.165) is 24.8 Å². The molecule has 1 N–H and O–H groups in total. The lowest BCUT2D eigenvalue weighted by atomic mass is 10.1. The van der Waals surface area contributed by atoms with Gasteiger partial charge >= 0.3 is 11.6 Å². The highest BCUT2D eigenvalue weighted by atomic mass is 16.6. The number of benzene rings is 2. The van der Waals surface area contributed by atoms with Crippen molar-refractivity contribution in [2.45, 2.75) is 33.1 Å². The molecule has 0 spiro atoms. The van der Waals surface area contributed by atoms with Crippen molar-refractivity contribution >= 4 is 22.8 Å². The average molecular weight is 423 g/mol. The van der Waals surface area contributed by atoms with Crippen molar-refractivity contribution in [1.29, 1.82) is 0 Å². The van der Waals surface area contributed by atoms with Gasteiger partial charge in [0.1, 0.15) is 22.6 Å². The molecular weight excluding hydrogens is 398 g/mol. The highest BCUT2D eigenvalue weighted by Gasteiger charge is 2.15. The predicted molar refractivity (Wildman–Crippen MR) is 117 cm³/mol. The zero-order valence-electron chi connectivity index (χ0n) is 17.6. The number of unbranched alkanes of at least 4 members (excludes halogenated alkanes) is 1. The van der Waals surface area contributed by atoms with Crippen molar-refractivity contribution in [1.82, 2.24) is 5.32 Å². The standard InChI is InChI=1S/C24H25NO6/c1-3-5-12-25-23(27)19-13-17-10-11-18(14-21(17)31-24(19)28)30-22(26)15-29-20-9-7-6-8-16(20)4-2/h6-11,13-14H,3-5,12,15H2,1-2H3,(H,25,27). The normalized spacial score (nSPS) is 10.6. The van der Waals surface area contributed by atoms with Crippen LogP contribution in [0.15, 0.2) is 57.7 Å². The number of esters is 1. The molecule has 3 rings (SSSR count). The SMILES string of the molecule is CCCCNC(=O)c1cc2ccc(OC(=O)COc3ccccc3CC)cc2oc1=O. The Kier molecular flexibility index (Phi) is 7.43. The maximum atomic E-state index is 12.2. The van der Waals surface area contributed by atoms with Crippen LogP contribution in [0, 0.1) is 0 Å². The van der Waals surface area contributed by atoms with Crippen molar-refractivity contribution in [3.05, 3.63) is 70.1 Å². The monoisotopic (exact) mass is 423 g/mol. The molecule has 162 valence electrons. The summed E-state index contributed by atoms with van der Waals surface area (Å²) in [4.78, 5) is 36.5. The van der Waals surface area contributed by atoms with Gasteiger partial charge in [0, 0.05) is 18.0 Å². The Labute approximate surface area is 180 Å². The minimum atomic E-state index is -0.746. The van der Waals surface area contributed by atoms with Gasteiger partial charge in [0.2, 0.25) is 0 Å². The second kappa shape index (κ2) is 10.4. The van der Waals surface area contributed by atoms with Gasteiger partial charge in [0.05, 0.1) is 0 Å². The van der Waals surface area contributed by atoms with Crippen molar-refractivity contribution in [2.75, 3.05) is 13.2 Å². The van der Waals surface area contributed by atoms with Gasteiger partial charge < -0.3 is 19.2 Å². The minimum Gasteiger partial charge on any atom is -0.482 e. The summed E-state index contributed by atoms with van der Waals surface area (Å²) in [6, 6.07) is 13.6. The summed E-state index contributed by atoms with van der Waals surface area (Å²) in [6.07, 6.45) is 2.55. The zero-order chi connectivity index (χ0) is 22.2. The number of rotatable bonds is 9. The molecule has 1 amide bonds. The molecule has 0 unspecified atom stereocenters. The first kappa shape index (κ1) is 22.1. The molecular formula is C24H25NO6. The first-order chi connectivity index (χ1) is 15.0. The fraction of sp³-hybridized carbons (Fsp3) is 0.292. The van der Waals surface area contributed by atoms with Gasteiger partial charge in [0.25, 0.3) is 5.91 Å². The number of carbonyl (C=O) groups excluding carboxylic acids is 2. The van der Waals surface area contributed by atoms with Crippen LogP contribution in [0.3, 0.4) is 0 Å². The number of nitrogens with one attached hydrogen (secondary N) is 1. The lowest BCUT2D eigenvalue weighted by Crippen LogP contribution is -2.28. The molecule has 7 heteroatoms. The number of amides is 1. The molecule has 0 saturated heterocycles. The third kappa shape index (κ3) is 5.72. The lowest BCUT2D eigenvalue weighted by Gasteiger charge is -2.10. The van der Waals surface area contributed by atoms with E-state index in [0.29, 0.717) is 17.7 Å². The summed E-state index contributed by atoms with van der Waals surface area (Å²) in [5.74, 6) is -0.201. The Bertz CT molecular complexity index is 1130.